The number of nitrogens with one attached hydrogen (secondary N) is 2. The Hall–Kier alpha value is -2.90. The quantitative estimate of drug-likeness (QED) is 0.470. The number of ether oxygens (including phenoxy) is 1. The van der Waals surface area contributed by atoms with Crippen molar-refractivity contribution in [2.45, 2.75) is 27.3 Å². The molecule has 0 fully saturated rings. The van der Waals surface area contributed by atoms with Crippen LogP contribution in [0.1, 0.15) is 25.0 Å². The van der Waals surface area contributed by atoms with Crippen molar-refractivity contribution in [3.8, 4) is 5.75 Å². The number of hydrogen-bond donors (Lipinski definition) is 2. The molecule has 0 unspecified atom stereocenters. The van der Waals surface area contributed by atoms with E-state index in [1.807, 2.05) is 49.4 Å². The van der Waals surface area contributed by atoms with Gasteiger partial charge in [-0.15, -0.1) is 0 Å². The summed E-state index contributed by atoms with van der Waals surface area (Å²) in [5.41, 5.74) is 3.47. The number of nitrogens with zero attached hydrogens (tertiary/aromatic N) is 2. The molecule has 0 atom stereocenters. The summed E-state index contributed by atoms with van der Waals surface area (Å²) in [4.78, 5) is 20.2. The lowest BCUT2D eigenvalue weighted by Crippen LogP contribution is -2.41. The maximum Gasteiger partial charge on any atom is 0.253 e. The Morgan fingerprint density at radius 3 is 2.44 bits per heavy atom. The molecule has 1 heterocycles. The molecule has 0 saturated heterocycles. The van der Waals surface area contributed by atoms with Crippen LogP contribution < -0.4 is 15.6 Å². The van der Waals surface area contributed by atoms with Gasteiger partial charge in [-0.1, -0.05) is 26.0 Å². The number of anilines is 1. The Morgan fingerprint density at radius 1 is 1.06 bits per heavy atom. The molecule has 0 radical (unpaired) electrons. The Morgan fingerprint density at radius 2 is 1.78 bits per heavy atom. The average molecular weight is 453 g/mol. The fourth-order valence-electron chi connectivity index (χ4n) is 3.61. The standard InChI is InChI=1S/C25H32N4O2S/c1-5-28(6-2)13-14-29(25(32)26-21-9-11-22(31-4)12-10-21)17-20-16-19-8-7-18(3)15-23(19)27-24(20)30/h7-12,15-16H,5-6,13-14,17H2,1-4H3,(H,26,32)(H,27,30). The van der Waals surface area contributed by atoms with Crippen LogP contribution in [-0.2, 0) is 6.54 Å². The maximum atomic E-state index is 12.8. The second-order valence-corrected chi connectivity index (χ2v) is 8.21. The Bertz CT molecular complexity index is 1110. The van der Waals surface area contributed by atoms with Gasteiger partial charge in [0, 0.05) is 29.9 Å². The number of thiocarbonyl (C=S) groups is 1. The zero-order chi connectivity index (χ0) is 23.1. The first kappa shape index (κ1) is 23.8. The van der Waals surface area contributed by atoms with E-state index in [9.17, 15) is 4.79 Å². The van der Waals surface area contributed by atoms with Gasteiger partial charge in [-0.2, -0.15) is 0 Å². The number of fused-ring (bicyclic) bond motifs is 1. The molecule has 0 aliphatic carbocycles. The molecular weight excluding hydrogens is 420 g/mol. The third-order valence-corrected chi connectivity index (χ3v) is 6.01. The summed E-state index contributed by atoms with van der Waals surface area (Å²) < 4.78 is 5.23. The van der Waals surface area contributed by atoms with Gasteiger partial charge >= 0.3 is 0 Å². The van der Waals surface area contributed by atoms with Gasteiger partial charge in [0.2, 0.25) is 0 Å². The van der Waals surface area contributed by atoms with E-state index in [2.05, 4.69) is 40.0 Å². The van der Waals surface area contributed by atoms with Gasteiger partial charge in [0.05, 0.1) is 13.7 Å². The Kier molecular flexibility index (Phi) is 8.25. The molecule has 2 N–H and O–H groups in total. The SMILES string of the molecule is CCN(CC)CCN(Cc1cc2ccc(C)cc2[nH]c1=O)C(=S)Nc1ccc(OC)cc1. The van der Waals surface area contributed by atoms with E-state index in [1.165, 1.54) is 0 Å². The number of pyridine rings is 1. The minimum atomic E-state index is -0.0804. The van der Waals surface area contributed by atoms with Crippen molar-refractivity contribution in [3.63, 3.8) is 0 Å². The molecule has 32 heavy (non-hydrogen) atoms. The summed E-state index contributed by atoms with van der Waals surface area (Å²) in [5, 5.41) is 4.91. The lowest BCUT2D eigenvalue weighted by molar-refractivity contribution is 0.266. The number of aromatic nitrogens is 1. The molecule has 170 valence electrons. The third kappa shape index (κ3) is 6.08. The minimum absolute atomic E-state index is 0.0804. The number of hydrogen-bond acceptors (Lipinski definition) is 4. The van der Waals surface area contributed by atoms with Gasteiger partial charge in [-0.3, -0.25) is 4.79 Å². The fraction of sp³-hybridized carbons (Fsp3) is 0.360. The first-order chi connectivity index (χ1) is 15.4. The van der Waals surface area contributed by atoms with Gasteiger partial charge in [-0.05, 0) is 79.6 Å². The molecule has 0 aliphatic rings. The summed E-state index contributed by atoms with van der Waals surface area (Å²) >= 11 is 5.75. The lowest BCUT2D eigenvalue weighted by Gasteiger charge is -2.29. The van der Waals surface area contributed by atoms with E-state index in [0.29, 0.717) is 17.2 Å². The van der Waals surface area contributed by atoms with Gasteiger partial charge in [0.25, 0.3) is 5.56 Å². The number of likely N-dealkylation sites (N-methyl/N-ethyl adjacent to an activating group) is 1. The van der Waals surface area contributed by atoms with Crippen LogP contribution in [0.2, 0.25) is 0 Å². The van der Waals surface area contributed by atoms with Crippen LogP contribution in [0.25, 0.3) is 10.9 Å². The van der Waals surface area contributed by atoms with E-state index in [0.717, 1.165) is 54.1 Å². The summed E-state index contributed by atoms with van der Waals surface area (Å²) in [5.74, 6) is 0.790. The predicted molar refractivity (Wildman–Crippen MR) is 137 cm³/mol. The van der Waals surface area contributed by atoms with Crippen LogP contribution in [0.5, 0.6) is 5.75 Å². The Balaban J connectivity index is 1.83. The molecule has 0 spiro atoms. The Labute approximate surface area is 195 Å². The van der Waals surface area contributed by atoms with Crippen LogP contribution in [0.4, 0.5) is 5.69 Å². The van der Waals surface area contributed by atoms with Gasteiger partial charge in [-0.25, -0.2) is 0 Å². The van der Waals surface area contributed by atoms with Crippen molar-refractivity contribution in [2.75, 3.05) is 38.6 Å². The van der Waals surface area contributed by atoms with Crippen molar-refractivity contribution < 1.29 is 4.74 Å². The second-order valence-electron chi connectivity index (χ2n) is 7.82. The summed E-state index contributed by atoms with van der Waals surface area (Å²) in [6, 6.07) is 15.7. The van der Waals surface area contributed by atoms with E-state index in [-0.39, 0.29) is 5.56 Å². The van der Waals surface area contributed by atoms with Gasteiger partial charge in [0.1, 0.15) is 5.75 Å². The molecule has 1 aromatic heterocycles. The van der Waals surface area contributed by atoms with E-state index >= 15 is 0 Å². The van der Waals surface area contributed by atoms with Gasteiger partial charge in [0.15, 0.2) is 5.11 Å². The van der Waals surface area contributed by atoms with Crippen LogP contribution in [0.15, 0.2) is 53.3 Å². The van der Waals surface area contributed by atoms with Crippen LogP contribution >= 0.6 is 12.2 Å². The highest BCUT2D eigenvalue weighted by Crippen LogP contribution is 2.17. The topological polar surface area (TPSA) is 60.6 Å². The number of aryl methyl sites for hydroxylation is 1. The number of aromatic amines is 1. The first-order valence-corrected chi connectivity index (χ1v) is 11.4. The lowest BCUT2D eigenvalue weighted by atomic mass is 10.1. The second kappa shape index (κ2) is 11.1. The minimum Gasteiger partial charge on any atom is -0.497 e. The largest absolute Gasteiger partial charge is 0.497 e. The highest BCUT2D eigenvalue weighted by molar-refractivity contribution is 7.80. The average Bonchev–Trinajstić information content (AvgIpc) is 2.79. The zero-order valence-corrected chi connectivity index (χ0v) is 20.1. The molecule has 0 saturated carbocycles. The van der Waals surface area contributed by atoms with Crippen LogP contribution in [0, 0.1) is 6.92 Å². The first-order valence-electron chi connectivity index (χ1n) is 11.0. The molecule has 3 rings (SSSR count). The summed E-state index contributed by atoms with van der Waals surface area (Å²) in [7, 11) is 1.64. The summed E-state index contributed by atoms with van der Waals surface area (Å²) in [6.07, 6.45) is 0. The van der Waals surface area contributed by atoms with Crippen molar-refractivity contribution in [3.05, 3.63) is 70.0 Å². The zero-order valence-electron chi connectivity index (χ0n) is 19.3. The molecule has 7 heteroatoms. The summed E-state index contributed by atoms with van der Waals surface area (Å²) in [6.45, 7) is 10.3. The molecule has 0 aliphatic heterocycles. The number of rotatable bonds is 9. The smallest absolute Gasteiger partial charge is 0.253 e. The van der Waals surface area contributed by atoms with Crippen molar-refractivity contribution in [2.24, 2.45) is 0 Å². The van der Waals surface area contributed by atoms with E-state index in [4.69, 9.17) is 17.0 Å². The molecule has 0 bridgehead atoms. The number of H-pyrrole nitrogens is 1. The van der Waals surface area contributed by atoms with Gasteiger partial charge < -0.3 is 24.8 Å². The predicted octanol–water partition coefficient (Wildman–Crippen LogP) is 4.39. The maximum absolute atomic E-state index is 12.8. The van der Waals surface area contributed by atoms with Crippen LogP contribution in [0.3, 0.4) is 0 Å². The molecule has 0 amide bonds. The van der Waals surface area contributed by atoms with Crippen LogP contribution in [-0.4, -0.2) is 53.2 Å². The molecule has 6 nitrogen and oxygen atoms in total. The highest BCUT2D eigenvalue weighted by Gasteiger charge is 2.15. The third-order valence-electron chi connectivity index (χ3n) is 5.65. The monoisotopic (exact) mass is 452 g/mol. The number of methoxy groups -OCH3 is 1. The fourth-order valence-corrected chi connectivity index (χ4v) is 3.89. The van der Waals surface area contributed by atoms with E-state index in [1.54, 1.807) is 7.11 Å². The van der Waals surface area contributed by atoms with Crippen molar-refractivity contribution in [1.29, 1.82) is 0 Å². The normalized spacial score (nSPS) is 11.0. The van der Waals surface area contributed by atoms with E-state index < -0.39 is 0 Å². The van der Waals surface area contributed by atoms with Crippen molar-refractivity contribution in [1.82, 2.24) is 14.8 Å². The van der Waals surface area contributed by atoms with Crippen molar-refractivity contribution >= 4 is 33.9 Å². The number of benzene rings is 2. The molecular formula is C25H32N4O2S. The highest BCUT2D eigenvalue weighted by atomic mass is 32.1. The molecule has 3 aromatic rings. The molecule has 2 aromatic carbocycles.